The second-order valence-electron chi connectivity index (χ2n) is 11.0. The Morgan fingerprint density at radius 2 is 1.00 bits per heavy atom. The molecule has 7 heteroatoms. The molecule has 0 fully saturated rings. The number of carbonyl (C=O) groups excluding carboxylic acids is 1. The Hall–Kier alpha value is -3.10. The fourth-order valence-electron chi connectivity index (χ4n) is 3.37. The Kier molecular flexibility index (Phi) is 26.1. The quantitative estimate of drug-likeness (QED) is 0.0797. The van der Waals surface area contributed by atoms with E-state index in [4.69, 9.17) is 5.84 Å². The van der Waals surface area contributed by atoms with Crippen molar-refractivity contribution in [3.8, 4) is 0 Å². The summed E-state index contributed by atoms with van der Waals surface area (Å²) in [6.07, 6.45) is 5.14. The molecule has 0 radical (unpaired) electrons. The Bertz CT molecular complexity index is 1270. The standard InChI is InChI=1S/C10H13BrN2.2C10H14.C7H5BrO.C3H10N2/c1-3-13(2)12-8-9-4-6-10(11)7-5-9;2*1-3-9(2)10-7-5-4-6-8-10;8-7-3-1-6(5-9)2-4-7;1-3-5(2)4/h4-8H,3H2,1-2H3;2*4-9H,3H2,1-2H3;1-5H;3-4H2,1-2H3/b12-8+;;;;. The van der Waals surface area contributed by atoms with E-state index in [9.17, 15) is 4.79 Å². The molecule has 47 heavy (non-hydrogen) atoms. The smallest absolute Gasteiger partial charge is 0.150 e. The van der Waals surface area contributed by atoms with Crippen LogP contribution in [-0.2, 0) is 0 Å². The molecule has 0 aromatic heterocycles. The van der Waals surface area contributed by atoms with Crippen molar-refractivity contribution in [3.63, 3.8) is 0 Å². The number of halogens is 2. The number of carbonyl (C=O) groups is 1. The number of nitrogens with zero attached hydrogens (tertiary/aromatic N) is 3. The van der Waals surface area contributed by atoms with Gasteiger partial charge in [-0.3, -0.25) is 15.6 Å². The van der Waals surface area contributed by atoms with E-state index in [1.807, 2.05) is 68.6 Å². The molecule has 5 nitrogen and oxygen atoms in total. The van der Waals surface area contributed by atoms with Gasteiger partial charge in [0.05, 0.1) is 6.21 Å². The molecule has 4 aromatic rings. The second-order valence-corrected chi connectivity index (χ2v) is 12.8. The Balaban J connectivity index is 0.000000577. The Labute approximate surface area is 302 Å². The zero-order valence-electron chi connectivity index (χ0n) is 29.6. The fourth-order valence-corrected chi connectivity index (χ4v) is 3.90. The van der Waals surface area contributed by atoms with Crippen molar-refractivity contribution in [3.05, 3.63) is 140 Å². The normalized spacial score (nSPS) is 11.2. The van der Waals surface area contributed by atoms with Gasteiger partial charge in [-0.15, -0.1) is 0 Å². The molecule has 2 atom stereocenters. The van der Waals surface area contributed by atoms with Crippen molar-refractivity contribution < 1.29 is 4.79 Å². The minimum atomic E-state index is 0.707. The number of hydrazone groups is 1. The van der Waals surface area contributed by atoms with Gasteiger partial charge in [-0.25, -0.2) is 0 Å². The van der Waals surface area contributed by atoms with Crippen molar-refractivity contribution in [2.75, 3.05) is 27.2 Å². The third kappa shape index (κ3) is 23.0. The molecular weight excluding hydrogens is 712 g/mol. The molecule has 4 aromatic carbocycles. The average Bonchev–Trinajstić information content (AvgIpc) is 3.12. The van der Waals surface area contributed by atoms with Gasteiger partial charge in [0.2, 0.25) is 0 Å². The van der Waals surface area contributed by atoms with Crippen molar-refractivity contribution in [2.24, 2.45) is 10.9 Å². The lowest BCUT2D eigenvalue weighted by Gasteiger charge is -2.07. The molecule has 0 bridgehead atoms. The van der Waals surface area contributed by atoms with E-state index in [0.717, 1.165) is 33.9 Å². The van der Waals surface area contributed by atoms with E-state index in [1.54, 1.807) is 17.1 Å². The summed E-state index contributed by atoms with van der Waals surface area (Å²) in [5.74, 6) is 6.54. The van der Waals surface area contributed by atoms with Gasteiger partial charge in [0.1, 0.15) is 6.29 Å². The monoisotopic (exact) mass is 766 g/mol. The van der Waals surface area contributed by atoms with Crippen LogP contribution in [0.5, 0.6) is 0 Å². The first-order chi connectivity index (χ1) is 22.5. The number of aldehydes is 1. The third-order valence-corrected chi connectivity index (χ3v) is 8.26. The van der Waals surface area contributed by atoms with Crippen molar-refractivity contribution in [1.82, 2.24) is 10.0 Å². The topological polar surface area (TPSA) is 61.9 Å². The number of benzene rings is 4. The highest BCUT2D eigenvalue weighted by molar-refractivity contribution is 9.10. The van der Waals surface area contributed by atoms with E-state index in [2.05, 4.69) is 132 Å². The molecule has 0 saturated carbocycles. The second kappa shape index (κ2) is 28.0. The molecule has 0 saturated heterocycles. The molecule has 0 heterocycles. The maximum Gasteiger partial charge on any atom is 0.150 e. The van der Waals surface area contributed by atoms with Gasteiger partial charge in [-0.2, -0.15) is 5.10 Å². The third-order valence-electron chi connectivity index (χ3n) is 7.20. The van der Waals surface area contributed by atoms with Crippen LogP contribution in [0.3, 0.4) is 0 Å². The number of hydrogen-bond acceptors (Lipinski definition) is 5. The Morgan fingerprint density at radius 3 is 1.30 bits per heavy atom. The lowest BCUT2D eigenvalue weighted by molar-refractivity contribution is 0.112. The number of rotatable bonds is 9. The molecule has 0 aliphatic carbocycles. The van der Waals surface area contributed by atoms with E-state index in [1.165, 1.54) is 24.0 Å². The highest BCUT2D eigenvalue weighted by Gasteiger charge is 1.99. The highest BCUT2D eigenvalue weighted by Crippen LogP contribution is 2.17. The van der Waals surface area contributed by atoms with Crippen LogP contribution < -0.4 is 5.84 Å². The maximum atomic E-state index is 10.1. The van der Waals surface area contributed by atoms with Crippen molar-refractivity contribution in [2.45, 2.75) is 66.2 Å². The number of hydrazine groups is 1. The van der Waals surface area contributed by atoms with E-state index >= 15 is 0 Å². The summed E-state index contributed by atoms with van der Waals surface area (Å²) in [5.41, 5.74) is 4.72. The lowest BCUT2D eigenvalue weighted by atomic mass is 9.99. The summed E-state index contributed by atoms with van der Waals surface area (Å²) >= 11 is 6.64. The molecule has 2 unspecified atom stereocenters. The lowest BCUT2D eigenvalue weighted by Crippen LogP contribution is -2.24. The molecule has 2 N–H and O–H groups in total. The van der Waals surface area contributed by atoms with Crippen LogP contribution in [0.25, 0.3) is 0 Å². The molecule has 0 aliphatic heterocycles. The first kappa shape index (κ1) is 43.9. The minimum Gasteiger partial charge on any atom is -0.300 e. The van der Waals surface area contributed by atoms with Gasteiger partial charge in [-0.1, -0.05) is 151 Å². The predicted molar refractivity (Wildman–Crippen MR) is 212 cm³/mol. The first-order valence-corrected chi connectivity index (χ1v) is 17.9. The average molecular weight is 769 g/mol. The summed E-state index contributed by atoms with van der Waals surface area (Å²) < 4.78 is 2.08. The van der Waals surface area contributed by atoms with Crippen LogP contribution in [0.15, 0.2) is 123 Å². The molecule has 0 spiro atoms. The molecule has 256 valence electrons. The van der Waals surface area contributed by atoms with Crippen LogP contribution in [0, 0.1) is 0 Å². The Morgan fingerprint density at radius 1 is 0.638 bits per heavy atom. The van der Waals surface area contributed by atoms with Gasteiger partial charge in [0.25, 0.3) is 0 Å². The summed E-state index contributed by atoms with van der Waals surface area (Å²) in [6.45, 7) is 14.9. The number of hydrogen-bond donors (Lipinski definition) is 1. The van der Waals surface area contributed by atoms with E-state index < -0.39 is 0 Å². The summed E-state index contributed by atoms with van der Waals surface area (Å²) in [6, 6.07) is 36.5. The van der Waals surface area contributed by atoms with Crippen LogP contribution in [0.1, 0.15) is 93.3 Å². The minimum absolute atomic E-state index is 0.707. The SMILES string of the molecule is CCC(C)c1ccccc1.CCC(C)c1ccccc1.CCN(C)/N=C/c1ccc(Br)cc1.CCN(C)N.O=Cc1ccc(Br)cc1. The summed E-state index contributed by atoms with van der Waals surface area (Å²) in [5, 5.41) is 7.75. The van der Waals surface area contributed by atoms with Gasteiger partial charge >= 0.3 is 0 Å². The largest absolute Gasteiger partial charge is 0.300 e. The molecular formula is C40H56Br2N4O. The van der Waals surface area contributed by atoms with E-state index in [0.29, 0.717) is 17.4 Å². The molecule has 0 aliphatic rings. The van der Waals surface area contributed by atoms with Crippen LogP contribution in [-0.4, -0.2) is 49.7 Å². The van der Waals surface area contributed by atoms with Crippen molar-refractivity contribution in [1.29, 1.82) is 0 Å². The maximum absolute atomic E-state index is 10.1. The first-order valence-electron chi connectivity index (χ1n) is 16.3. The zero-order chi connectivity index (χ0) is 35.5. The van der Waals surface area contributed by atoms with Gasteiger partial charge in [0, 0.05) is 41.7 Å². The van der Waals surface area contributed by atoms with Crippen LogP contribution >= 0.6 is 31.9 Å². The van der Waals surface area contributed by atoms with Crippen molar-refractivity contribution >= 4 is 44.4 Å². The zero-order valence-corrected chi connectivity index (χ0v) is 32.8. The summed E-state index contributed by atoms with van der Waals surface area (Å²) in [7, 11) is 3.79. The number of nitrogens with two attached hydrogens (primary N) is 1. The highest BCUT2D eigenvalue weighted by atomic mass is 79.9. The van der Waals surface area contributed by atoms with Gasteiger partial charge < -0.3 is 5.01 Å². The molecule has 0 amide bonds. The van der Waals surface area contributed by atoms with Gasteiger partial charge in [-0.05, 0) is 72.6 Å². The molecule has 4 rings (SSSR count). The predicted octanol–water partition coefficient (Wildman–Crippen LogP) is 11.2. The van der Waals surface area contributed by atoms with Gasteiger partial charge in [0.15, 0.2) is 0 Å². The summed E-state index contributed by atoms with van der Waals surface area (Å²) in [4.78, 5) is 10.1. The fraction of sp³-hybridized carbons (Fsp3) is 0.350. The van der Waals surface area contributed by atoms with E-state index in [-0.39, 0.29) is 0 Å². The van der Waals surface area contributed by atoms with Crippen LogP contribution in [0.4, 0.5) is 0 Å². The van der Waals surface area contributed by atoms with Crippen LogP contribution in [0.2, 0.25) is 0 Å².